The number of rotatable bonds is 8. The van der Waals surface area contributed by atoms with Gasteiger partial charge < -0.3 is 25.3 Å². The number of H-pyrrole nitrogens is 1. The first-order valence-corrected chi connectivity index (χ1v) is 14.8. The Balaban J connectivity index is 1.20. The average Bonchev–Trinajstić information content (AvgIpc) is 3.58. The maximum atomic E-state index is 14.3. The Bertz CT molecular complexity index is 1880. The summed E-state index contributed by atoms with van der Waals surface area (Å²) in [4.78, 5) is 47.0. The number of methoxy groups -OCH3 is 1. The standard InChI is InChI=1S/C36H32N4O4/c1-44-24-13-9-12-23(18-24)21-37-34(41)30(19-22-10-3-2-4-11-22)39-35(42)31-20-28-25-14-7-8-17-29(25)38-32(28)33-26-15-5-6-16-27(26)36(43)40(31)33/h2-18,30-31,33,38H,19-21H2,1H3,(H,37,41)(H,39,42). The second kappa shape index (κ2) is 11.4. The van der Waals surface area contributed by atoms with Gasteiger partial charge in [-0.2, -0.15) is 0 Å². The van der Waals surface area contributed by atoms with Gasteiger partial charge in [-0.3, -0.25) is 14.4 Å². The first kappa shape index (κ1) is 27.5. The Hall–Kier alpha value is -5.37. The Kier molecular flexibility index (Phi) is 7.10. The van der Waals surface area contributed by atoms with Crippen LogP contribution in [-0.2, 0) is 29.0 Å². The van der Waals surface area contributed by atoms with Gasteiger partial charge in [0.1, 0.15) is 17.8 Å². The van der Waals surface area contributed by atoms with Gasteiger partial charge in [0.25, 0.3) is 5.91 Å². The molecule has 0 saturated carbocycles. The SMILES string of the molecule is COc1cccc(CNC(=O)C(Cc2ccccc2)NC(=O)C2Cc3c([nH]c4ccccc34)C3c4ccccc4C(=O)N23)c1. The molecule has 7 rings (SSSR count). The van der Waals surface area contributed by atoms with E-state index in [1.54, 1.807) is 12.0 Å². The predicted octanol–water partition coefficient (Wildman–Crippen LogP) is 4.69. The van der Waals surface area contributed by atoms with Crippen LogP contribution >= 0.6 is 0 Å². The number of nitrogens with zero attached hydrogens (tertiary/aromatic N) is 1. The molecule has 4 aromatic carbocycles. The van der Waals surface area contributed by atoms with Crippen molar-refractivity contribution in [3.05, 3.63) is 137 Å². The zero-order valence-electron chi connectivity index (χ0n) is 24.2. The molecule has 0 radical (unpaired) electrons. The fourth-order valence-electron chi connectivity index (χ4n) is 6.56. The van der Waals surface area contributed by atoms with E-state index in [1.807, 2.05) is 103 Å². The first-order chi connectivity index (χ1) is 21.5. The van der Waals surface area contributed by atoms with E-state index in [2.05, 4.69) is 15.6 Å². The lowest BCUT2D eigenvalue weighted by atomic mass is 9.89. The van der Waals surface area contributed by atoms with Crippen LogP contribution in [0.2, 0.25) is 0 Å². The summed E-state index contributed by atoms with van der Waals surface area (Å²) in [5.74, 6) is -0.145. The number of carbonyl (C=O) groups is 3. The van der Waals surface area contributed by atoms with E-state index in [4.69, 9.17) is 4.74 Å². The third-order valence-electron chi connectivity index (χ3n) is 8.67. The topological polar surface area (TPSA) is 104 Å². The van der Waals surface area contributed by atoms with Crippen LogP contribution in [0.5, 0.6) is 5.75 Å². The summed E-state index contributed by atoms with van der Waals surface area (Å²) in [6, 6.07) is 30.6. The van der Waals surface area contributed by atoms with Crippen LogP contribution in [0.25, 0.3) is 10.9 Å². The van der Waals surface area contributed by atoms with Crippen molar-refractivity contribution in [1.82, 2.24) is 20.5 Å². The summed E-state index contributed by atoms with van der Waals surface area (Å²) >= 11 is 0. The third kappa shape index (κ3) is 4.88. The minimum absolute atomic E-state index is 0.183. The van der Waals surface area contributed by atoms with Crippen molar-refractivity contribution in [2.45, 2.75) is 37.5 Å². The van der Waals surface area contributed by atoms with Crippen molar-refractivity contribution in [2.75, 3.05) is 7.11 Å². The van der Waals surface area contributed by atoms with Crippen molar-refractivity contribution in [3.63, 3.8) is 0 Å². The molecule has 0 bridgehead atoms. The van der Waals surface area contributed by atoms with Gasteiger partial charge in [0.05, 0.1) is 13.2 Å². The number of aromatic nitrogens is 1. The van der Waals surface area contributed by atoms with E-state index < -0.39 is 18.1 Å². The Morgan fingerprint density at radius 3 is 2.52 bits per heavy atom. The summed E-state index contributed by atoms with van der Waals surface area (Å²) in [7, 11) is 1.60. The minimum Gasteiger partial charge on any atom is -0.497 e. The molecular formula is C36H32N4O4. The molecule has 3 N–H and O–H groups in total. The molecule has 1 aromatic heterocycles. The van der Waals surface area contributed by atoms with Crippen LogP contribution in [0.4, 0.5) is 0 Å². The van der Waals surface area contributed by atoms with E-state index >= 15 is 0 Å². The van der Waals surface area contributed by atoms with E-state index in [1.165, 1.54) is 0 Å². The van der Waals surface area contributed by atoms with Gasteiger partial charge in [0, 0.05) is 41.5 Å². The number of amides is 3. The van der Waals surface area contributed by atoms with Crippen molar-refractivity contribution in [2.24, 2.45) is 0 Å². The van der Waals surface area contributed by atoms with Crippen molar-refractivity contribution in [1.29, 1.82) is 0 Å². The Morgan fingerprint density at radius 1 is 0.932 bits per heavy atom. The van der Waals surface area contributed by atoms with Crippen LogP contribution in [0, 0.1) is 0 Å². The highest BCUT2D eigenvalue weighted by Gasteiger charge is 2.49. The zero-order chi connectivity index (χ0) is 30.2. The van der Waals surface area contributed by atoms with Crippen molar-refractivity contribution in [3.8, 4) is 5.75 Å². The summed E-state index contributed by atoms with van der Waals surface area (Å²) in [6.07, 6.45) is 0.643. The fourth-order valence-corrected chi connectivity index (χ4v) is 6.56. The molecule has 5 aromatic rings. The van der Waals surface area contributed by atoms with Gasteiger partial charge in [0.15, 0.2) is 0 Å². The van der Waals surface area contributed by atoms with Gasteiger partial charge in [-0.15, -0.1) is 0 Å². The summed E-state index contributed by atoms with van der Waals surface area (Å²) in [6.45, 7) is 0.279. The molecule has 44 heavy (non-hydrogen) atoms. The first-order valence-electron chi connectivity index (χ1n) is 14.8. The molecule has 3 amide bonds. The molecule has 220 valence electrons. The maximum Gasteiger partial charge on any atom is 0.255 e. The molecule has 8 nitrogen and oxygen atoms in total. The molecule has 0 spiro atoms. The molecule has 3 atom stereocenters. The number of carbonyl (C=O) groups excluding carboxylic acids is 3. The highest BCUT2D eigenvalue weighted by atomic mass is 16.5. The van der Waals surface area contributed by atoms with Crippen LogP contribution in [0.1, 0.15) is 44.3 Å². The quantitative estimate of drug-likeness (QED) is 0.246. The smallest absolute Gasteiger partial charge is 0.255 e. The second-order valence-electron chi connectivity index (χ2n) is 11.3. The lowest BCUT2D eigenvalue weighted by molar-refractivity contribution is -0.132. The minimum atomic E-state index is -0.849. The number of hydrogen-bond donors (Lipinski definition) is 3. The number of hydrogen-bond acceptors (Lipinski definition) is 4. The van der Waals surface area contributed by atoms with Crippen LogP contribution in [0.15, 0.2) is 103 Å². The largest absolute Gasteiger partial charge is 0.497 e. The van der Waals surface area contributed by atoms with E-state index in [0.717, 1.165) is 38.9 Å². The highest BCUT2D eigenvalue weighted by molar-refractivity contribution is 6.04. The van der Waals surface area contributed by atoms with Crippen LogP contribution in [0.3, 0.4) is 0 Å². The number of para-hydroxylation sites is 1. The maximum absolute atomic E-state index is 14.3. The van der Waals surface area contributed by atoms with E-state index in [9.17, 15) is 14.4 Å². The third-order valence-corrected chi connectivity index (χ3v) is 8.67. The number of aromatic amines is 1. The molecule has 0 fully saturated rings. The number of fused-ring (bicyclic) bond motifs is 7. The van der Waals surface area contributed by atoms with Gasteiger partial charge in [-0.25, -0.2) is 0 Å². The highest BCUT2D eigenvalue weighted by Crippen LogP contribution is 2.46. The summed E-state index contributed by atoms with van der Waals surface area (Å²) in [5, 5.41) is 7.07. The van der Waals surface area contributed by atoms with Crippen molar-refractivity contribution < 1.29 is 19.1 Å². The average molecular weight is 585 g/mol. The van der Waals surface area contributed by atoms with E-state index in [-0.39, 0.29) is 24.3 Å². The van der Waals surface area contributed by atoms with E-state index in [0.29, 0.717) is 24.2 Å². The summed E-state index contributed by atoms with van der Waals surface area (Å²) in [5.41, 5.74) is 6.19. The fraction of sp³-hybridized carbons (Fsp3) is 0.194. The van der Waals surface area contributed by atoms with Crippen LogP contribution in [-0.4, -0.2) is 46.8 Å². The summed E-state index contributed by atoms with van der Waals surface area (Å²) < 4.78 is 5.32. The second-order valence-corrected chi connectivity index (χ2v) is 11.3. The Labute approximate surface area is 255 Å². The molecule has 0 saturated heterocycles. The van der Waals surface area contributed by atoms with Crippen molar-refractivity contribution >= 4 is 28.6 Å². The molecule has 2 aliphatic heterocycles. The number of nitrogens with one attached hydrogen (secondary N) is 3. The molecule has 2 aliphatic rings. The molecule has 3 heterocycles. The molecule has 0 aliphatic carbocycles. The number of ether oxygens (including phenoxy) is 1. The normalized spacial score (nSPS) is 17.4. The Morgan fingerprint density at radius 2 is 1.68 bits per heavy atom. The lowest BCUT2D eigenvalue weighted by Crippen LogP contribution is -2.57. The zero-order valence-corrected chi connectivity index (χ0v) is 24.2. The molecule has 3 unspecified atom stereocenters. The molecule has 8 heteroatoms. The molecular weight excluding hydrogens is 552 g/mol. The van der Waals surface area contributed by atoms with Gasteiger partial charge in [0.2, 0.25) is 11.8 Å². The van der Waals surface area contributed by atoms with Gasteiger partial charge >= 0.3 is 0 Å². The monoisotopic (exact) mass is 584 g/mol. The van der Waals surface area contributed by atoms with Gasteiger partial charge in [-0.1, -0.05) is 78.9 Å². The predicted molar refractivity (Wildman–Crippen MR) is 167 cm³/mol. The van der Waals surface area contributed by atoms with Gasteiger partial charge in [-0.05, 0) is 46.5 Å². The van der Waals surface area contributed by atoms with Crippen LogP contribution < -0.4 is 15.4 Å². The number of benzene rings is 4. The lowest BCUT2D eigenvalue weighted by Gasteiger charge is -2.37.